The fourth-order valence-electron chi connectivity index (χ4n) is 2.08. The Kier molecular flexibility index (Phi) is 2.93. The molecular weight excluding hydrogens is 271 g/mol. The zero-order valence-electron chi connectivity index (χ0n) is 12.0. The zero-order valence-corrected chi connectivity index (χ0v) is 12.0. The standard InChI is InChI=1S/C16H15FN2O2/c1-16(2,3)15-18-11(8-14(20)19-15)13-7-9-6-10(17)4-5-12(9)21-13/h4-8H,1-3H3,(H,18,19,20). The van der Waals surface area contributed by atoms with Crippen LogP contribution in [0.2, 0.25) is 0 Å². The number of fused-ring (bicyclic) bond motifs is 1. The number of furan rings is 1. The molecule has 21 heavy (non-hydrogen) atoms. The molecule has 0 aliphatic rings. The molecule has 0 aliphatic carbocycles. The van der Waals surface area contributed by atoms with Crippen LogP contribution in [0.4, 0.5) is 4.39 Å². The molecule has 4 nitrogen and oxygen atoms in total. The SMILES string of the molecule is CC(C)(C)c1nc(-c2cc3cc(F)ccc3o2)cc(=O)[nH]1. The highest BCUT2D eigenvalue weighted by molar-refractivity contribution is 5.82. The molecule has 0 radical (unpaired) electrons. The third-order valence-electron chi connectivity index (χ3n) is 3.18. The predicted molar refractivity (Wildman–Crippen MR) is 78.7 cm³/mol. The van der Waals surface area contributed by atoms with Gasteiger partial charge in [0.05, 0.1) is 0 Å². The number of nitrogens with one attached hydrogen (secondary N) is 1. The first-order valence-electron chi connectivity index (χ1n) is 6.64. The maximum Gasteiger partial charge on any atom is 0.251 e. The van der Waals surface area contributed by atoms with E-state index in [1.807, 2.05) is 20.8 Å². The van der Waals surface area contributed by atoms with E-state index in [0.717, 1.165) is 0 Å². The van der Waals surface area contributed by atoms with Crippen molar-refractivity contribution in [3.63, 3.8) is 0 Å². The second-order valence-electron chi connectivity index (χ2n) is 6.02. The Labute approximate surface area is 120 Å². The summed E-state index contributed by atoms with van der Waals surface area (Å²) in [5.74, 6) is 0.702. The van der Waals surface area contributed by atoms with Gasteiger partial charge in [-0.05, 0) is 24.3 Å². The van der Waals surface area contributed by atoms with E-state index in [4.69, 9.17) is 4.42 Å². The maximum atomic E-state index is 13.2. The number of nitrogens with zero attached hydrogens (tertiary/aromatic N) is 1. The number of benzene rings is 1. The summed E-state index contributed by atoms with van der Waals surface area (Å²) in [4.78, 5) is 19.0. The van der Waals surface area contributed by atoms with E-state index in [1.54, 1.807) is 12.1 Å². The van der Waals surface area contributed by atoms with Crippen molar-refractivity contribution in [2.75, 3.05) is 0 Å². The molecule has 0 atom stereocenters. The van der Waals surface area contributed by atoms with Crippen LogP contribution >= 0.6 is 0 Å². The van der Waals surface area contributed by atoms with E-state index in [0.29, 0.717) is 28.2 Å². The first kappa shape index (κ1) is 13.5. The van der Waals surface area contributed by atoms with Crippen LogP contribution in [0, 0.1) is 5.82 Å². The summed E-state index contributed by atoms with van der Waals surface area (Å²) >= 11 is 0. The molecule has 0 bridgehead atoms. The van der Waals surface area contributed by atoms with Crippen LogP contribution in [0.15, 0.2) is 39.5 Å². The van der Waals surface area contributed by atoms with E-state index in [9.17, 15) is 9.18 Å². The van der Waals surface area contributed by atoms with Crippen molar-refractivity contribution in [2.24, 2.45) is 0 Å². The fourth-order valence-corrected chi connectivity index (χ4v) is 2.08. The number of hydrogen-bond donors (Lipinski definition) is 1. The van der Waals surface area contributed by atoms with Gasteiger partial charge in [-0.25, -0.2) is 9.37 Å². The van der Waals surface area contributed by atoms with Crippen LogP contribution in [0.5, 0.6) is 0 Å². The Morgan fingerprint density at radius 3 is 2.67 bits per heavy atom. The molecule has 3 aromatic rings. The Balaban J connectivity index is 2.18. The topological polar surface area (TPSA) is 58.9 Å². The number of aromatic amines is 1. The molecule has 0 fully saturated rings. The molecule has 2 aromatic heterocycles. The maximum absolute atomic E-state index is 13.2. The van der Waals surface area contributed by atoms with Gasteiger partial charge in [-0.3, -0.25) is 4.79 Å². The van der Waals surface area contributed by atoms with Crippen molar-refractivity contribution in [1.29, 1.82) is 0 Å². The van der Waals surface area contributed by atoms with Gasteiger partial charge in [-0.15, -0.1) is 0 Å². The largest absolute Gasteiger partial charge is 0.454 e. The summed E-state index contributed by atoms with van der Waals surface area (Å²) < 4.78 is 18.9. The molecular formula is C16H15FN2O2. The first-order chi connectivity index (χ1) is 9.83. The molecule has 0 saturated carbocycles. The molecule has 108 valence electrons. The van der Waals surface area contributed by atoms with Crippen LogP contribution < -0.4 is 5.56 Å². The van der Waals surface area contributed by atoms with Gasteiger partial charge in [-0.2, -0.15) is 0 Å². The molecule has 5 heteroatoms. The van der Waals surface area contributed by atoms with Gasteiger partial charge in [0, 0.05) is 16.9 Å². The van der Waals surface area contributed by atoms with Crippen LogP contribution in [0.3, 0.4) is 0 Å². The van der Waals surface area contributed by atoms with Crippen molar-refractivity contribution in [1.82, 2.24) is 9.97 Å². The third-order valence-corrected chi connectivity index (χ3v) is 3.18. The van der Waals surface area contributed by atoms with Crippen LogP contribution in [0.1, 0.15) is 26.6 Å². The van der Waals surface area contributed by atoms with Crippen molar-refractivity contribution in [2.45, 2.75) is 26.2 Å². The highest BCUT2D eigenvalue weighted by Crippen LogP contribution is 2.27. The monoisotopic (exact) mass is 286 g/mol. The lowest BCUT2D eigenvalue weighted by Gasteiger charge is -2.17. The molecule has 3 rings (SSSR count). The van der Waals surface area contributed by atoms with E-state index < -0.39 is 0 Å². The summed E-state index contributed by atoms with van der Waals surface area (Å²) in [7, 11) is 0. The lowest BCUT2D eigenvalue weighted by atomic mass is 9.95. The molecule has 0 saturated heterocycles. The number of rotatable bonds is 1. The molecule has 0 aliphatic heterocycles. The van der Waals surface area contributed by atoms with E-state index >= 15 is 0 Å². The van der Waals surface area contributed by atoms with Gasteiger partial charge in [-0.1, -0.05) is 20.8 Å². The van der Waals surface area contributed by atoms with Crippen LogP contribution in [-0.2, 0) is 5.41 Å². The molecule has 2 heterocycles. The Morgan fingerprint density at radius 1 is 1.19 bits per heavy atom. The van der Waals surface area contributed by atoms with Crippen molar-refractivity contribution in [3.05, 3.63) is 52.3 Å². The van der Waals surface area contributed by atoms with Gasteiger partial charge >= 0.3 is 0 Å². The van der Waals surface area contributed by atoms with E-state index in [-0.39, 0.29) is 16.8 Å². The second kappa shape index (κ2) is 4.55. The summed E-state index contributed by atoms with van der Waals surface area (Å²) in [5, 5.41) is 0.643. The zero-order chi connectivity index (χ0) is 15.2. The smallest absolute Gasteiger partial charge is 0.251 e. The quantitative estimate of drug-likeness (QED) is 0.743. The number of hydrogen-bond acceptors (Lipinski definition) is 3. The average Bonchev–Trinajstić information content (AvgIpc) is 2.80. The third kappa shape index (κ3) is 2.59. The lowest BCUT2D eigenvalue weighted by Crippen LogP contribution is -2.21. The molecule has 0 spiro atoms. The Morgan fingerprint density at radius 2 is 1.95 bits per heavy atom. The number of H-pyrrole nitrogens is 1. The second-order valence-corrected chi connectivity index (χ2v) is 6.02. The highest BCUT2D eigenvalue weighted by atomic mass is 19.1. The van der Waals surface area contributed by atoms with E-state index in [2.05, 4.69) is 9.97 Å². The van der Waals surface area contributed by atoms with Gasteiger partial charge in [0.1, 0.15) is 22.9 Å². The van der Waals surface area contributed by atoms with Crippen molar-refractivity contribution < 1.29 is 8.81 Å². The summed E-state index contributed by atoms with van der Waals surface area (Å²) in [6.45, 7) is 5.88. The normalized spacial score (nSPS) is 12.0. The van der Waals surface area contributed by atoms with Gasteiger partial charge in [0.15, 0.2) is 5.76 Å². The summed E-state index contributed by atoms with van der Waals surface area (Å²) in [6, 6.07) is 7.35. The molecule has 0 unspecified atom stereocenters. The predicted octanol–water partition coefficient (Wildman–Crippen LogP) is 3.62. The van der Waals surface area contributed by atoms with Crippen molar-refractivity contribution in [3.8, 4) is 11.5 Å². The van der Waals surface area contributed by atoms with Gasteiger partial charge in [0.25, 0.3) is 5.56 Å². The van der Waals surface area contributed by atoms with Crippen molar-refractivity contribution >= 4 is 11.0 Å². The minimum absolute atomic E-state index is 0.239. The molecule has 1 aromatic carbocycles. The Hall–Kier alpha value is -2.43. The van der Waals surface area contributed by atoms with E-state index in [1.165, 1.54) is 18.2 Å². The molecule has 0 amide bonds. The summed E-state index contributed by atoms with van der Waals surface area (Å²) in [6.07, 6.45) is 0. The highest BCUT2D eigenvalue weighted by Gasteiger charge is 2.19. The Bertz CT molecular complexity index is 872. The van der Waals surface area contributed by atoms with Gasteiger partial charge in [0.2, 0.25) is 0 Å². The van der Waals surface area contributed by atoms with Gasteiger partial charge < -0.3 is 9.40 Å². The summed E-state index contributed by atoms with van der Waals surface area (Å²) in [5.41, 5.74) is 0.482. The average molecular weight is 286 g/mol. The fraction of sp³-hybridized carbons (Fsp3) is 0.250. The number of halogens is 1. The first-order valence-corrected chi connectivity index (χ1v) is 6.64. The minimum atomic E-state index is -0.330. The molecule has 1 N–H and O–H groups in total. The van der Waals surface area contributed by atoms with Crippen LogP contribution in [-0.4, -0.2) is 9.97 Å². The lowest BCUT2D eigenvalue weighted by molar-refractivity contribution is 0.541. The minimum Gasteiger partial charge on any atom is -0.454 e. The number of aromatic nitrogens is 2. The van der Waals surface area contributed by atoms with Crippen LogP contribution in [0.25, 0.3) is 22.4 Å².